The number of aromatic nitrogens is 1. The number of aliphatic hydroxyl groups is 1. The molecule has 1 aromatic rings. The number of carbonyl (C=O) groups excluding carboxylic acids is 2. The number of rotatable bonds is 6. The number of carbonyl (C=O) groups is 2. The van der Waals surface area contributed by atoms with Crippen LogP contribution in [0, 0.1) is 5.92 Å². The van der Waals surface area contributed by atoms with E-state index in [0.29, 0.717) is 31.2 Å². The Morgan fingerprint density at radius 1 is 1.14 bits per heavy atom. The lowest BCUT2D eigenvalue weighted by molar-refractivity contribution is -0.139. The molecule has 2 amide bonds. The summed E-state index contributed by atoms with van der Waals surface area (Å²) in [7, 11) is 1.71. The van der Waals surface area contributed by atoms with Gasteiger partial charge >= 0.3 is 0 Å². The van der Waals surface area contributed by atoms with E-state index in [1.54, 1.807) is 18.9 Å². The highest BCUT2D eigenvalue weighted by Crippen LogP contribution is 2.45. The standard InChI is InChI=1S/C30H50N4O3/c1-21(2)24-14-17-31-27(19-24)30(15-16-30)32-20-26(35)25-18-22(3)12-10-8-6-7-9-11-13-28(36)34(5)23(4)29(37)33-25/h14,17,19,21-23,25-26,32,35H,6-13,15-16,18,20H2,1-5H3,(H,33,37)/t22-,23+,25+,26-/m1/s1. The maximum absolute atomic E-state index is 13.2. The molecule has 2 heterocycles. The van der Waals surface area contributed by atoms with Gasteiger partial charge in [0.15, 0.2) is 0 Å². The second-order valence-electron chi connectivity index (χ2n) is 12.0. The molecule has 2 fully saturated rings. The minimum atomic E-state index is -0.732. The zero-order valence-electron chi connectivity index (χ0n) is 23.8. The Labute approximate surface area is 224 Å². The fraction of sp³-hybridized carbons (Fsp3) is 0.767. The summed E-state index contributed by atoms with van der Waals surface area (Å²) in [5, 5.41) is 18.0. The number of pyridine rings is 1. The first-order valence-electron chi connectivity index (χ1n) is 14.6. The van der Waals surface area contributed by atoms with E-state index in [9.17, 15) is 14.7 Å². The summed E-state index contributed by atoms with van der Waals surface area (Å²) in [5.74, 6) is 0.632. The van der Waals surface area contributed by atoms with Crippen molar-refractivity contribution in [3.8, 4) is 0 Å². The molecule has 3 N–H and O–H groups in total. The van der Waals surface area contributed by atoms with Crippen LogP contribution in [0.5, 0.6) is 0 Å². The molecular weight excluding hydrogens is 464 g/mol. The number of hydrogen-bond donors (Lipinski definition) is 3. The quantitative estimate of drug-likeness (QED) is 0.514. The summed E-state index contributed by atoms with van der Waals surface area (Å²) in [6, 6.07) is 3.30. The number of hydrogen-bond acceptors (Lipinski definition) is 5. The van der Waals surface area contributed by atoms with Crippen LogP contribution in [0.3, 0.4) is 0 Å². The van der Waals surface area contributed by atoms with Crippen molar-refractivity contribution in [3.05, 3.63) is 29.6 Å². The molecule has 37 heavy (non-hydrogen) atoms. The fourth-order valence-corrected chi connectivity index (χ4v) is 5.37. The minimum absolute atomic E-state index is 0.00804. The van der Waals surface area contributed by atoms with Crippen molar-refractivity contribution in [1.29, 1.82) is 0 Å². The van der Waals surface area contributed by atoms with Gasteiger partial charge < -0.3 is 20.6 Å². The van der Waals surface area contributed by atoms with Gasteiger partial charge in [-0.15, -0.1) is 0 Å². The van der Waals surface area contributed by atoms with E-state index in [0.717, 1.165) is 50.6 Å². The molecule has 1 aromatic heterocycles. The molecule has 0 bridgehead atoms. The van der Waals surface area contributed by atoms with Crippen LogP contribution in [0.1, 0.15) is 115 Å². The number of nitrogens with zero attached hydrogens (tertiary/aromatic N) is 2. The van der Waals surface area contributed by atoms with Crippen LogP contribution in [0.15, 0.2) is 18.3 Å². The Morgan fingerprint density at radius 2 is 1.81 bits per heavy atom. The van der Waals surface area contributed by atoms with Gasteiger partial charge in [0.2, 0.25) is 11.8 Å². The van der Waals surface area contributed by atoms with Gasteiger partial charge in [0.1, 0.15) is 6.04 Å². The highest BCUT2D eigenvalue weighted by molar-refractivity contribution is 5.87. The summed E-state index contributed by atoms with van der Waals surface area (Å²) < 4.78 is 0. The van der Waals surface area contributed by atoms with Crippen molar-refractivity contribution in [3.63, 3.8) is 0 Å². The minimum Gasteiger partial charge on any atom is -0.390 e. The molecule has 1 saturated carbocycles. The van der Waals surface area contributed by atoms with E-state index in [2.05, 4.69) is 48.5 Å². The maximum Gasteiger partial charge on any atom is 0.242 e. The smallest absolute Gasteiger partial charge is 0.242 e. The molecule has 4 atom stereocenters. The first kappa shape index (κ1) is 29.6. The van der Waals surface area contributed by atoms with Crippen LogP contribution >= 0.6 is 0 Å². The molecule has 0 aromatic carbocycles. The molecule has 7 heteroatoms. The molecular formula is C30H50N4O3. The number of nitrogens with one attached hydrogen (secondary N) is 2. The predicted octanol–water partition coefficient (Wildman–Crippen LogP) is 4.64. The van der Waals surface area contributed by atoms with Crippen molar-refractivity contribution in [2.45, 2.75) is 128 Å². The first-order chi connectivity index (χ1) is 17.6. The Kier molecular flexibility index (Phi) is 10.9. The maximum atomic E-state index is 13.2. The normalized spacial score (nSPS) is 27.1. The Balaban J connectivity index is 1.68. The van der Waals surface area contributed by atoms with Gasteiger partial charge in [-0.05, 0) is 62.1 Å². The second-order valence-corrected chi connectivity index (χ2v) is 12.0. The average Bonchev–Trinajstić information content (AvgIpc) is 3.68. The van der Waals surface area contributed by atoms with E-state index < -0.39 is 12.1 Å². The molecule has 0 unspecified atom stereocenters. The van der Waals surface area contributed by atoms with Crippen molar-refractivity contribution >= 4 is 11.8 Å². The lowest BCUT2D eigenvalue weighted by atomic mass is 9.92. The molecule has 7 nitrogen and oxygen atoms in total. The SMILES string of the molecule is CC(C)c1ccnc(C2(NC[C@@H](O)[C@@H]3C[C@H](C)CCCCCCCCC(=O)N(C)[C@@H](C)C(=O)N3)CC2)c1. The fourth-order valence-electron chi connectivity index (χ4n) is 5.37. The topological polar surface area (TPSA) is 94.6 Å². The zero-order chi connectivity index (χ0) is 27.0. The predicted molar refractivity (Wildman–Crippen MR) is 148 cm³/mol. The van der Waals surface area contributed by atoms with Gasteiger partial charge in [-0.25, -0.2) is 0 Å². The van der Waals surface area contributed by atoms with Gasteiger partial charge in [-0.2, -0.15) is 0 Å². The number of likely N-dealkylation sites (N-methyl/N-ethyl adjacent to an activating group) is 1. The first-order valence-corrected chi connectivity index (χ1v) is 14.6. The van der Waals surface area contributed by atoms with Gasteiger partial charge in [0.25, 0.3) is 0 Å². The average molecular weight is 515 g/mol. The molecule has 0 radical (unpaired) electrons. The van der Waals surface area contributed by atoms with E-state index in [-0.39, 0.29) is 23.4 Å². The van der Waals surface area contributed by atoms with Crippen molar-refractivity contribution < 1.29 is 14.7 Å². The molecule has 208 valence electrons. The summed E-state index contributed by atoms with van der Waals surface area (Å²) in [6.45, 7) is 8.73. The van der Waals surface area contributed by atoms with Crippen molar-refractivity contribution in [2.75, 3.05) is 13.6 Å². The molecule has 1 saturated heterocycles. The number of amides is 2. The Hall–Kier alpha value is -1.99. The van der Waals surface area contributed by atoms with Crippen LogP contribution in [-0.2, 0) is 15.1 Å². The molecule has 3 rings (SSSR count). The van der Waals surface area contributed by atoms with Gasteiger partial charge in [-0.1, -0.05) is 59.3 Å². The van der Waals surface area contributed by atoms with Gasteiger partial charge in [-0.3, -0.25) is 14.6 Å². The third-order valence-corrected chi connectivity index (χ3v) is 8.48. The molecule has 0 spiro atoms. The molecule has 1 aliphatic carbocycles. The molecule has 1 aliphatic heterocycles. The van der Waals surface area contributed by atoms with Crippen LogP contribution in [0.2, 0.25) is 0 Å². The van der Waals surface area contributed by atoms with Crippen LogP contribution < -0.4 is 10.6 Å². The third kappa shape index (κ3) is 8.51. The van der Waals surface area contributed by atoms with Gasteiger partial charge in [0, 0.05) is 26.2 Å². The highest BCUT2D eigenvalue weighted by Gasteiger charge is 2.46. The van der Waals surface area contributed by atoms with E-state index in [4.69, 9.17) is 0 Å². The summed E-state index contributed by atoms with van der Waals surface area (Å²) in [4.78, 5) is 32.0. The van der Waals surface area contributed by atoms with E-state index in [1.807, 2.05) is 6.20 Å². The summed E-state index contributed by atoms with van der Waals surface area (Å²) in [6.07, 6.45) is 12.1. The number of aliphatic hydroxyl groups excluding tert-OH is 1. The lowest BCUT2D eigenvalue weighted by Crippen LogP contribution is -2.54. The second kappa shape index (κ2) is 13.7. The van der Waals surface area contributed by atoms with Crippen LogP contribution in [-0.4, -0.2) is 58.6 Å². The van der Waals surface area contributed by atoms with Crippen LogP contribution in [0.25, 0.3) is 0 Å². The Bertz CT molecular complexity index is 885. The monoisotopic (exact) mass is 514 g/mol. The molecule has 2 aliphatic rings. The van der Waals surface area contributed by atoms with Crippen molar-refractivity contribution in [2.24, 2.45) is 5.92 Å². The summed E-state index contributed by atoms with van der Waals surface area (Å²) >= 11 is 0. The van der Waals surface area contributed by atoms with E-state index in [1.165, 1.54) is 18.4 Å². The van der Waals surface area contributed by atoms with Crippen LogP contribution in [0.4, 0.5) is 0 Å². The third-order valence-electron chi connectivity index (χ3n) is 8.48. The highest BCUT2D eigenvalue weighted by atomic mass is 16.3. The Morgan fingerprint density at radius 3 is 2.49 bits per heavy atom. The van der Waals surface area contributed by atoms with Crippen molar-refractivity contribution in [1.82, 2.24) is 20.5 Å². The summed E-state index contributed by atoms with van der Waals surface area (Å²) in [5.41, 5.74) is 2.11. The van der Waals surface area contributed by atoms with E-state index >= 15 is 0 Å². The zero-order valence-corrected chi connectivity index (χ0v) is 23.8. The van der Waals surface area contributed by atoms with Gasteiger partial charge in [0.05, 0.1) is 23.4 Å². The lowest BCUT2D eigenvalue weighted by Gasteiger charge is -2.31. The largest absolute Gasteiger partial charge is 0.390 e.